The van der Waals surface area contributed by atoms with Gasteiger partial charge in [0.25, 0.3) is 0 Å². The molecule has 4 heteroatoms. The number of benzene rings is 1. The number of nitrogens with zero attached hydrogens (tertiary/aromatic N) is 1. The summed E-state index contributed by atoms with van der Waals surface area (Å²) in [5.74, 6) is 2.24. The summed E-state index contributed by atoms with van der Waals surface area (Å²) in [6.45, 7) is 6.37. The van der Waals surface area contributed by atoms with E-state index in [-0.39, 0.29) is 29.1 Å². The lowest BCUT2D eigenvalue weighted by molar-refractivity contribution is -0.131. The molecule has 4 atom stereocenters. The number of aryl methyl sites for hydroxylation is 1. The van der Waals surface area contributed by atoms with Crippen LogP contribution in [0, 0.1) is 17.3 Å². The van der Waals surface area contributed by atoms with Crippen LogP contribution in [0.2, 0.25) is 0 Å². The van der Waals surface area contributed by atoms with E-state index in [0.717, 1.165) is 57.8 Å². The van der Waals surface area contributed by atoms with Crippen LogP contribution in [0.3, 0.4) is 0 Å². The zero-order chi connectivity index (χ0) is 28.4. The summed E-state index contributed by atoms with van der Waals surface area (Å²) in [5.41, 5.74) is 6.85. The Morgan fingerprint density at radius 1 is 0.950 bits per heavy atom. The molecule has 1 aromatic rings. The van der Waals surface area contributed by atoms with Gasteiger partial charge in [-0.15, -0.1) is 0 Å². The molecule has 0 spiro atoms. The van der Waals surface area contributed by atoms with Crippen molar-refractivity contribution in [2.45, 2.75) is 123 Å². The maximum Gasteiger partial charge on any atom is 0.222 e. The molecule has 0 aliphatic heterocycles. The highest BCUT2D eigenvalue weighted by molar-refractivity contribution is 5.93. The molecule has 2 saturated carbocycles. The van der Waals surface area contributed by atoms with E-state index in [4.69, 9.17) is 0 Å². The number of amides is 1. The molecular formula is C36H49NO3. The van der Waals surface area contributed by atoms with E-state index < -0.39 is 0 Å². The Kier molecular flexibility index (Phi) is 8.83. The van der Waals surface area contributed by atoms with Gasteiger partial charge in [-0.25, -0.2) is 0 Å². The lowest BCUT2D eigenvalue weighted by Gasteiger charge is -2.50. The zero-order valence-electron chi connectivity index (χ0n) is 25.3. The molecule has 1 amide bonds. The van der Waals surface area contributed by atoms with E-state index in [1.54, 1.807) is 5.57 Å². The minimum Gasteiger partial charge on any atom is -0.343 e. The average molecular weight is 544 g/mol. The van der Waals surface area contributed by atoms with Crippen LogP contribution in [-0.2, 0) is 20.8 Å². The second-order valence-corrected chi connectivity index (χ2v) is 13.6. The lowest BCUT2D eigenvalue weighted by atomic mass is 9.53. The van der Waals surface area contributed by atoms with Crippen LogP contribution in [0.1, 0.15) is 121 Å². The van der Waals surface area contributed by atoms with Crippen molar-refractivity contribution < 1.29 is 14.4 Å². The first kappa shape index (κ1) is 29.0. The number of hydrogen-bond donors (Lipinski definition) is 0. The number of hydrogen-bond acceptors (Lipinski definition) is 3. The molecule has 216 valence electrons. The quantitative estimate of drug-likeness (QED) is 0.282. The molecule has 0 unspecified atom stereocenters. The van der Waals surface area contributed by atoms with Gasteiger partial charge in [0, 0.05) is 43.7 Å². The van der Waals surface area contributed by atoms with E-state index in [1.165, 1.54) is 41.5 Å². The summed E-state index contributed by atoms with van der Waals surface area (Å²) in [7, 11) is 1.90. The summed E-state index contributed by atoms with van der Waals surface area (Å²) in [6, 6.07) is 9.55. The van der Waals surface area contributed by atoms with Gasteiger partial charge in [0.05, 0.1) is 0 Å². The minimum atomic E-state index is -0.210. The number of ketones is 2. The first-order valence-electron chi connectivity index (χ1n) is 16.0. The fourth-order valence-electron chi connectivity index (χ4n) is 8.25. The highest BCUT2D eigenvalue weighted by Crippen LogP contribution is 2.62. The number of Topliss-reactive ketones (excluding diaryl/α,β-unsaturated/α-hetero) is 1. The maximum absolute atomic E-state index is 13.2. The summed E-state index contributed by atoms with van der Waals surface area (Å²) in [6.07, 6.45) is 15.6. The Labute approximate surface area is 241 Å². The van der Waals surface area contributed by atoms with Crippen molar-refractivity contribution in [2.75, 3.05) is 7.05 Å². The molecular weight excluding hydrogens is 494 g/mol. The largest absolute Gasteiger partial charge is 0.343 e. The van der Waals surface area contributed by atoms with E-state index in [0.29, 0.717) is 30.5 Å². The van der Waals surface area contributed by atoms with Crippen molar-refractivity contribution >= 4 is 17.5 Å². The molecule has 4 nitrogen and oxygen atoms in total. The number of allylic oxidation sites excluding steroid dienone is 4. The predicted molar refractivity (Wildman–Crippen MR) is 161 cm³/mol. The van der Waals surface area contributed by atoms with Crippen LogP contribution < -0.4 is 0 Å². The van der Waals surface area contributed by atoms with Gasteiger partial charge in [-0.3, -0.25) is 14.4 Å². The van der Waals surface area contributed by atoms with Gasteiger partial charge < -0.3 is 4.90 Å². The standard InChI is InChI=1S/C36H49NO3/c1-24(2)37(4)34(40)11-9-7-5-6-8-10-25-12-14-26(15-13-25)31-23-36(3)32(20-21-33(36)39)30-18-16-27-22-28(38)17-19-29(27)35(30)31/h12-15,22,24,30-32H,5-11,16-21,23H2,1-4H3/t30-,31+,32-,36-/m0/s1. The van der Waals surface area contributed by atoms with Crippen LogP contribution in [0.25, 0.3) is 0 Å². The van der Waals surface area contributed by atoms with E-state index in [9.17, 15) is 14.4 Å². The molecule has 0 heterocycles. The van der Waals surface area contributed by atoms with Crippen LogP contribution in [0.15, 0.2) is 47.1 Å². The van der Waals surface area contributed by atoms with Crippen molar-refractivity contribution in [2.24, 2.45) is 17.3 Å². The molecule has 0 radical (unpaired) electrons. The monoisotopic (exact) mass is 543 g/mol. The van der Waals surface area contributed by atoms with Crippen LogP contribution >= 0.6 is 0 Å². The SMILES string of the molecule is CC(C)N(C)C(=O)CCCCCCCc1ccc([C@H]2C[C@]3(C)C(=O)CC[C@H]3[C@@H]3CCC4=CC(=O)CCC4=C32)cc1. The molecule has 0 bridgehead atoms. The molecule has 2 fully saturated rings. The number of carbonyl (C=O) groups is 3. The maximum atomic E-state index is 13.2. The minimum absolute atomic E-state index is 0.210. The van der Waals surface area contributed by atoms with Crippen molar-refractivity contribution in [1.82, 2.24) is 4.90 Å². The number of fused-ring (bicyclic) bond motifs is 4. The summed E-state index contributed by atoms with van der Waals surface area (Å²) >= 11 is 0. The van der Waals surface area contributed by atoms with E-state index in [1.807, 2.05) is 18.0 Å². The highest BCUT2D eigenvalue weighted by atomic mass is 16.2. The van der Waals surface area contributed by atoms with E-state index in [2.05, 4.69) is 45.0 Å². The van der Waals surface area contributed by atoms with Crippen molar-refractivity contribution in [3.8, 4) is 0 Å². The Hall–Kier alpha value is -2.49. The Balaban J connectivity index is 1.22. The Bertz CT molecular complexity index is 1190. The molecule has 4 aliphatic carbocycles. The van der Waals surface area contributed by atoms with Gasteiger partial charge >= 0.3 is 0 Å². The first-order valence-corrected chi connectivity index (χ1v) is 16.0. The summed E-state index contributed by atoms with van der Waals surface area (Å²) in [5, 5.41) is 0. The Morgan fingerprint density at radius 3 is 2.42 bits per heavy atom. The van der Waals surface area contributed by atoms with Crippen LogP contribution in [-0.4, -0.2) is 35.5 Å². The van der Waals surface area contributed by atoms with Gasteiger partial charge in [0.15, 0.2) is 5.78 Å². The molecule has 4 aliphatic rings. The zero-order valence-corrected chi connectivity index (χ0v) is 25.3. The number of unbranched alkanes of at least 4 members (excludes halogenated alkanes) is 4. The van der Waals surface area contributed by atoms with Gasteiger partial charge in [-0.2, -0.15) is 0 Å². The molecule has 5 rings (SSSR count). The van der Waals surface area contributed by atoms with Crippen molar-refractivity contribution in [3.63, 3.8) is 0 Å². The van der Waals surface area contributed by atoms with Gasteiger partial charge in [-0.1, -0.05) is 56.0 Å². The fraction of sp³-hybridized carbons (Fsp3) is 0.639. The lowest BCUT2D eigenvalue weighted by Crippen LogP contribution is -2.43. The topological polar surface area (TPSA) is 54.5 Å². The van der Waals surface area contributed by atoms with Gasteiger partial charge in [-0.05, 0) is 105 Å². The average Bonchev–Trinajstić information content (AvgIpc) is 3.25. The summed E-state index contributed by atoms with van der Waals surface area (Å²) < 4.78 is 0. The van der Waals surface area contributed by atoms with Crippen molar-refractivity contribution in [3.05, 3.63) is 58.2 Å². The summed E-state index contributed by atoms with van der Waals surface area (Å²) in [4.78, 5) is 39.4. The smallest absolute Gasteiger partial charge is 0.222 e. The number of carbonyl (C=O) groups excluding carboxylic acids is 3. The third-order valence-corrected chi connectivity index (χ3v) is 10.9. The molecule has 0 saturated heterocycles. The van der Waals surface area contributed by atoms with Crippen LogP contribution in [0.4, 0.5) is 0 Å². The first-order chi connectivity index (χ1) is 19.2. The third-order valence-electron chi connectivity index (χ3n) is 10.9. The third kappa shape index (κ3) is 5.78. The van der Waals surface area contributed by atoms with Crippen molar-refractivity contribution in [1.29, 1.82) is 0 Å². The predicted octanol–water partition coefficient (Wildman–Crippen LogP) is 7.91. The van der Waals surface area contributed by atoms with Gasteiger partial charge in [0.1, 0.15) is 5.78 Å². The second kappa shape index (κ2) is 12.2. The molecule has 0 aromatic heterocycles. The molecule has 40 heavy (non-hydrogen) atoms. The Morgan fingerprint density at radius 2 is 1.68 bits per heavy atom. The second-order valence-electron chi connectivity index (χ2n) is 13.6. The molecule has 1 aromatic carbocycles. The number of rotatable bonds is 10. The molecule has 0 N–H and O–H groups in total. The van der Waals surface area contributed by atoms with E-state index >= 15 is 0 Å². The van der Waals surface area contributed by atoms with Gasteiger partial charge in [0.2, 0.25) is 5.91 Å². The van der Waals surface area contributed by atoms with Crippen LogP contribution in [0.5, 0.6) is 0 Å². The normalized spacial score (nSPS) is 27.8. The highest BCUT2D eigenvalue weighted by Gasteiger charge is 2.56. The fourth-order valence-corrected chi connectivity index (χ4v) is 8.25.